The van der Waals surface area contributed by atoms with Gasteiger partial charge in [0.15, 0.2) is 17.2 Å². The average molecular weight is 260 g/mol. The predicted octanol–water partition coefficient (Wildman–Crippen LogP) is 0.839. The predicted molar refractivity (Wildman–Crippen MR) is 66.4 cm³/mol. The van der Waals surface area contributed by atoms with Crippen molar-refractivity contribution >= 4 is 11.6 Å². The molecule has 7 nitrogen and oxygen atoms in total. The number of anilines is 1. The topological polar surface area (TPSA) is 78.3 Å². The number of carbonyl (C=O) groups is 1. The largest absolute Gasteiger partial charge is 0.486 e. The maximum Gasteiger partial charge on any atom is 0.277 e. The van der Waals surface area contributed by atoms with Crippen LogP contribution >= 0.6 is 0 Å². The number of amides is 1. The number of aryl methyl sites for hydroxylation is 1. The Morgan fingerprint density at radius 1 is 1.32 bits per heavy atom. The first kappa shape index (κ1) is 11.5. The van der Waals surface area contributed by atoms with Crippen LogP contribution in [0.4, 0.5) is 5.69 Å². The van der Waals surface area contributed by atoms with Crippen LogP contribution in [0.15, 0.2) is 24.4 Å². The number of hydrogen-bond donors (Lipinski definition) is 1. The lowest BCUT2D eigenvalue weighted by Gasteiger charge is -2.18. The minimum Gasteiger partial charge on any atom is -0.486 e. The summed E-state index contributed by atoms with van der Waals surface area (Å²) in [6, 6.07) is 5.24. The lowest BCUT2D eigenvalue weighted by molar-refractivity contribution is 0.102. The van der Waals surface area contributed by atoms with E-state index in [0.29, 0.717) is 30.4 Å². The molecule has 1 aromatic heterocycles. The van der Waals surface area contributed by atoms with Crippen molar-refractivity contribution in [3.05, 3.63) is 30.1 Å². The maximum absolute atomic E-state index is 11.9. The number of carbonyl (C=O) groups excluding carboxylic acids is 1. The molecule has 0 radical (unpaired) electrons. The second-order valence-corrected chi connectivity index (χ2v) is 4.09. The minimum atomic E-state index is -0.315. The van der Waals surface area contributed by atoms with Gasteiger partial charge < -0.3 is 14.8 Å². The van der Waals surface area contributed by atoms with E-state index in [1.165, 1.54) is 4.68 Å². The highest BCUT2D eigenvalue weighted by atomic mass is 16.6. The molecule has 0 atom stereocenters. The van der Waals surface area contributed by atoms with Crippen molar-refractivity contribution in [1.82, 2.24) is 15.0 Å². The standard InChI is InChI=1S/C12H12N4O3/c1-16-7-9(14-15-16)12(17)13-8-2-3-10-11(6-8)19-5-4-18-10/h2-3,6-7H,4-5H2,1H3,(H,13,17). The zero-order chi connectivity index (χ0) is 13.2. The molecule has 0 spiro atoms. The molecule has 2 heterocycles. The molecule has 0 saturated carbocycles. The third-order valence-electron chi connectivity index (χ3n) is 2.64. The summed E-state index contributed by atoms with van der Waals surface area (Å²) in [7, 11) is 1.70. The van der Waals surface area contributed by atoms with Crippen molar-refractivity contribution in [3.8, 4) is 11.5 Å². The normalized spacial score (nSPS) is 13.1. The van der Waals surface area contributed by atoms with Crippen LogP contribution in [0.25, 0.3) is 0 Å². The Hall–Kier alpha value is -2.57. The summed E-state index contributed by atoms with van der Waals surface area (Å²) in [5, 5.41) is 10.2. The van der Waals surface area contributed by atoms with Crippen LogP contribution in [0.3, 0.4) is 0 Å². The lowest BCUT2D eigenvalue weighted by Crippen LogP contribution is -2.16. The summed E-state index contributed by atoms with van der Waals surface area (Å²) < 4.78 is 12.3. The summed E-state index contributed by atoms with van der Waals surface area (Å²) >= 11 is 0. The number of hydrogen-bond acceptors (Lipinski definition) is 5. The van der Waals surface area contributed by atoms with Crippen molar-refractivity contribution < 1.29 is 14.3 Å². The Morgan fingerprint density at radius 2 is 2.11 bits per heavy atom. The van der Waals surface area contributed by atoms with Gasteiger partial charge in [-0.25, -0.2) is 0 Å². The second kappa shape index (κ2) is 4.60. The third-order valence-corrected chi connectivity index (χ3v) is 2.64. The molecule has 19 heavy (non-hydrogen) atoms. The Kier molecular flexibility index (Phi) is 2.79. The first-order valence-corrected chi connectivity index (χ1v) is 5.80. The van der Waals surface area contributed by atoms with Crippen LogP contribution in [0, 0.1) is 0 Å². The first-order valence-electron chi connectivity index (χ1n) is 5.80. The highest BCUT2D eigenvalue weighted by Gasteiger charge is 2.14. The monoisotopic (exact) mass is 260 g/mol. The van der Waals surface area contributed by atoms with Crippen molar-refractivity contribution in [3.63, 3.8) is 0 Å². The summed E-state index contributed by atoms with van der Waals surface area (Å²) in [6.45, 7) is 1.05. The molecule has 1 aromatic carbocycles. The van der Waals surface area contributed by atoms with Crippen molar-refractivity contribution in [2.45, 2.75) is 0 Å². The molecule has 1 N–H and O–H groups in total. The van der Waals surface area contributed by atoms with Gasteiger partial charge in [-0.05, 0) is 12.1 Å². The third kappa shape index (κ3) is 2.35. The van der Waals surface area contributed by atoms with Gasteiger partial charge in [0.1, 0.15) is 13.2 Å². The van der Waals surface area contributed by atoms with Gasteiger partial charge in [-0.2, -0.15) is 0 Å². The van der Waals surface area contributed by atoms with E-state index in [9.17, 15) is 4.79 Å². The van der Waals surface area contributed by atoms with Crippen LogP contribution < -0.4 is 14.8 Å². The number of nitrogens with zero attached hydrogens (tertiary/aromatic N) is 3. The summed E-state index contributed by atoms with van der Waals surface area (Å²) in [6.07, 6.45) is 1.55. The van der Waals surface area contributed by atoms with E-state index in [2.05, 4.69) is 15.6 Å². The van der Waals surface area contributed by atoms with Gasteiger partial charge in [0, 0.05) is 18.8 Å². The molecule has 0 aliphatic carbocycles. The Balaban J connectivity index is 1.78. The lowest BCUT2D eigenvalue weighted by atomic mass is 10.2. The summed E-state index contributed by atoms with van der Waals surface area (Å²) in [5.74, 6) is 0.997. The van der Waals surface area contributed by atoms with Gasteiger partial charge in [0.2, 0.25) is 0 Å². The molecule has 0 bridgehead atoms. The molecule has 0 fully saturated rings. The SMILES string of the molecule is Cn1cc(C(=O)Nc2ccc3c(c2)OCCO3)nn1. The Bertz CT molecular complexity index is 623. The Morgan fingerprint density at radius 3 is 2.84 bits per heavy atom. The van der Waals surface area contributed by atoms with Gasteiger partial charge in [0.25, 0.3) is 5.91 Å². The summed E-state index contributed by atoms with van der Waals surface area (Å²) in [5.41, 5.74) is 0.886. The van der Waals surface area contributed by atoms with E-state index >= 15 is 0 Å². The van der Waals surface area contributed by atoms with Crippen LogP contribution in [-0.2, 0) is 7.05 Å². The molecule has 1 aliphatic heterocycles. The number of ether oxygens (including phenoxy) is 2. The maximum atomic E-state index is 11.9. The number of aromatic nitrogens is 3. The van der Waals surface area contributed by atoms with E-state index < -0.39 is 0 Å². The van der Waals surface area contributed by atoms with Crippen LogP contribution in [0.5, 0.6) is 11.5 Å². The molecule has 7 heteroatoms. The molecule has 0 unspecified atom stereocenters. The van der Waals surface area contributed by atoms with Crippen LogP contribution in [0.1, 0.15) is 10.5 Å². The van der Waals surface area contributed by atoms with Gasteiger partial charge in [-0.3, -0.25) is 9.48 Å². The zero-order valence-electron chi connectivity index (χ0n) is 10.3. The molecule has 2 aromatic rings. The van der Waals surface area contributed by atoms with Crippen LogP contribution in [-0.4, -0.2) is 34.1 Å². The summed E-state index contributed by atoms with van der Waals surface area (Å²) in [4.78, 5) is 11.9. The number of nitrogens with one attached hydrogen (secondary N) is 1. The van der Waals surface area contributed by atoms with Gasteiger partial charge >= 0.3 is 0 Å². The van der Waals surface area contributed by atoms with Gasteiger partial charge in [-0.1, -0.05) is 5.21 Å². The zero-order valence-corrected chi connectivity index (χ0v) is 10.3. The van der Waals surface area contributed by atoms with Crippen molar-refractivity contribution in [2.24, 2.45) is 7.05 Å². The molecule has 1 amide bonds. The molecule has 1 aliphatic rings. The highest BCUT2D eigenvalue weighted by Crippen LogP contribution is 2.32. The van der Waals surface area contributed by atoms with Gasteiger partial charge in [0.05, 0.1) is 6.20 Å². The molecule has 98 valence electrons. The first-order chi connectivity index (χ1) is 9.22. The fraction of sp³-hybridized carbons (Fsp3) is 0.250. The van der Waals surface area contributed by atoms with E-state index in [-0.39, 0.29) is 11.6 Å². The molecular formula is C12H12N4O3. The number of fused-ring (bicyclic) bond motifs is 1. The fourth-order valence-corrected chi connectivity index (χ4v) is 1.77. The minimum absolute atomic E-state index is 0.261. The van der Waals surface area contributed by atoms with E-state index in [1.807, 2.05) is 0 Å². The highest BCUT2D eigenvalue weighted by molar-refractivity contribution is 6.02. The Labute approximate surface area is 109 Å². The van der Waals surface area contributed by atoms with Gasteiger partial charge in [-0.15, -0.1) is 5.10 Å². The smallest absolute Gasteiger partial charge is 0.277 e. The molecular weight excluding hydrogens is 248 g/mol. The molecule has 3 rings (SSSR count). The van der Waals surface area contributed by atoms with Crippen LogP contribution in [0.2, 0.25) is 0 Å². The average Bonchev–Trinajstić information content (AvgIpc) is 2.85. The van der Waals surface area contributed by atoms with Crippen molar-refractivity contribution in [1.29, 1.82) is 0 Å². The number of benzene rings is 1. The van der Waals surface area contributed by atoms with E-state index in [0.717, 1.165) is 0 Å². The van der Waals surface area contributed by atoms with E-state index in [1.54, 1.807) is 31.4 Å². The van der Waals surface area contributed by atoms with Crippen molar-refractivity contribution in [2.75, 3.05) is 18.5 Å². The quantitative estimate of drug-likeness (QED) is 0.865. The number of rotatable bonds is 2. The molecule has 0 saturated heterocycles. The van der Waals surface area contributed by atoms with E-state index in [4.69, 9.17) is 9.47 Å². The fourth-order valence-electron chi connectivity index (χ4n) is 1.77. The second-order valence-electron chi connectivity index (χ2n) is 4.09.